The number of nitrogens with zero attached hydrogens (tertiary/aromatic N) is 1. The molecular weight excluding hydrogens is 184 g/mol. The van der Waals surface area contributed by atoms with Crippen molar-refractivity contribution < 1.29 is 0 Å². The summed E-state index contributed by atoms with van der Waals surface area (Å²) in [7, 11) is 2.17. The largest absolute Gasteiger partial charge is 0.346 e. The van der Waals surface area contributed by atoms with Crippen molar-refractivity contribution in [2.45, 2.75) is 19.4 Å². The molecule has 0 spiro atoms. The number of aromatic nitrogens is 1. The molecule has 0 amide bonds. The van der Waals surface area contributed by atoms with Crippen molar-refractivity contribution in [3.8, 4) is 0 Å². The maximum absolute atomic E-state index is 3.52. The summed E-state index contributed by atoms with van der Waals surface area (Å²) in [6.45, 7) is 3.35. The highest BCUT2D eigenvalue weighted by atomic mass is 15.0. The molecule has 0 radical (unpaired) electrons. The molecule has 3 rings (SSSR count). The van der Waals surface area contributed by atoms with Crippen LogP contribution in [0.2, 0.25) is 0 Å². The normalized spacial score (nSPS) is 20.5. The van der Waals surface area contributed by atoms with E-state index >= 15 is 0 Å². The van der Waals surface area contributed by atoms with Gasteiger partial charge in [0.1, 0.15) is 0 Å². The lowest BCUT2D eigenvalue weighted by atomic mass is 10.0. The Hall–Kier alpha value is -1.28. The van der Waals surface area contributed by atoms with Gasteiger partial charge in [-0.1, -0.05) is 18.2 Å². The van der Waals surface area contributed by atoms with Crippen LogP contribution in [0.3, 0.4) is 0 Å². The Morgan fingerprint density at radius 3 is 3.00 bits per heavy atom. The molecule has 78 valence electrons. The maximum atomic E-state index is 3.52. The van der Waals surface area contributed by atoms with E-state index in [-0.39, 0.29) is 0 Å². The molecule has 2 heterocycles. The summed E-state index contributed by atoms with van der Waals surface area (Å²) in [5.74, 6) is 0. The fourth-order valence-electron chi connectivity index (χ4n) is 2.82. The van der Waals surface area contributed by atoms with Crippen LogP contribution < -0.4 is 5.32 Å². The number of para-hydroxylation sites is 1. The molecule has 1 aromatic carbocycles. The first kappa shape index (κ1) is 8.98. The number of hydrogen-bond acceptors (Lipinski definition) is 1. The molecule has 1 aliphatic heterocycles. The first-order chi connectivity index (χ1) is 7.29. The molecule has 2 aromatic rings. The standard InChI is InChI=1S/C13H16N2/c1-9-13-11(7-8-14-9)10-5-3-4-6-12(10)15(13)2/h3-6,9,14H,7-8H2,1-2H3/t9-/m1/s1. The summed E-state index contributed by atoms with van der Waals surface area (Å²) in [6, 6.07) is 9.18. The Morgan fingerprint density at radius 1 is 1.33 bits per heavy atom. The van der Waals surface area contributed by atoms with Crippen LogP contribution in [-0.2, 0) is 13.5 Å². The van der Waals surface area contributed by atoms with Gasteiger partial charge in [-0.25, -0.2) is 0 Å². The van der Waals surface area contributed by atoms with Gasteiger partial charge in [0.15, 0.2) is 0 Å². The van der Waals surface area contributed by atoms with Gasteiger partial charge in [0.05, 0.1) is 0 Å². The molecular formula is C13H16N2. The molecule has 15 heavy (non-hydrogen) atoms. The zero-order valence-corrected chi connectivity index (χ0v) is 9.25. The van der Waals surface area contributed by atoms with Crippen LogP contribution in [0.1, 0.15) is 24.2 Å². The first-order valence-corrected chi connectivity index (χ1v) is 5.58. The van der Waals surface area contributed by atoms with Gasteiger partial charge in [0.2, 0.25) is 0 Å². The lowest BCUT2D eigenvalue weighted by molar-refractivity contribution is 0.515. The van der Waals surface area contributed by atoms with Crippen LogP contribution >= 0.6 is 0 Å². The van der Waals surface area contributed by atoms with Gasteiger partial charge in [-0.2, -0.15) is 0 Å². The second kappa shape index (κ2) is 3.11. The summed E-state index contributed by atoms with van der Waals surface area (Å²) in [5.41, 5.74) is 4.36. The molecule has 0 saturated heterocycles. The summed E-state index contributed by atoms with van der Waals surface area (Å²) in [5, 5.41) is 4.95. The van der Waals surface area contributed by atoms with Gasteiger partial charge < -0.3 is 9.88 Å². The van der Waals surface area contributed by atoms with Crippen LogP contribution in [0, 0.1) is 0 Å². The lowest BCUT2D eigenvalue weighted by Crippen LogP contribution is -2.28. The average Bonchev–Trinajstić information content (AvgIpc) is 2.55. The fourth-order valence-corrected chi connectivity index (χ4v) is 2.82. The molecule has 2 heteroatoms. The molecule has 0 bridgehead atoms. The third kappa shape index (κ3) is 1.15. The van der Waals surface area contributed by atoms with Crippen LogP contribution in [-0.4, -0.2) is 11.1 Å². The summed E-state index contributed by atoms with van der Waals surface area (Å²) < 4.78 is 2.33. The topological polar surface area (TPSA) is 17.0 Å². The zero-order chi connectivity index (χ0) is 10.4. The van der Waals surface area contributed by atoms with Gasteiger partial charge in [0, 0.05) is 29.7 Å². The average molecular weight is 200 g/mol. The molecule has 1 N–H and O–H groups in total. The van der Waals surface area contributed by atoms with E-state index in [0.29, 0.717) is 6.04 Å². The van der Waals surface area contributed by atoms with Gasteiger partial charge in [0.25, 0.3) is 0 Å². The number of fused-ring (bicyclic) bond motifs is 3. The predicted octanol–water partition coefficient (Wildman–Crippen LogP) is 2.39. The van der Waals surface area contributed by atoms with Crippen LogP contribution in [0.15, 0.2) is 24.3 Å². The lowest BCUT2D eigenvalue weighted by Gasteiger charge is -2.22. The fraction of sp³-hybridized carbons (Fsp3) is 0.385. The van der Waals surface area contributed by atoms with E-state index in [4.69, 9.17) is 0 Å². The summed E-state index contributed by atoms with van der Waals surface area (Å²) in [6.07, 6.45) is 1.15. The smallest absolute Gasteiger partial charge is 0.0483 e. The maximum Gasteiger partial charge on any atom is 0.0483 e. The summed E-state index contributed by atoms with van der Waals surface area (Å²) >= 11 is 0. The number of aryl methyl sites for hydroxylation is 1. The first-order valence-electron chi connectivity index (χ1n) is 5.58. The highest BCUT2D eigenvalue weighted by Gasteiger charge is 2.22. The van der Waals surface area contributed by atoms with Gasteiger partial charge in [-0.3, -0.25) is 0 Å². The molecule has 0 aliphatic carbocycles. The van der Waals surface area contributed by atoms with Crippen molar-refractivity contribution in [3.05, 3.63) is 35.5 Å². The van der Waals surface area contributed by atoms with E-state index in [0.717, 1.165) is 13.0 Å². The van der Waals surface area contributed by atoms with E-state index in [1.165, 1.54) is 16.6 Å². The molecule has 0 fully saturated rings. The Labute approximate surface area is 89.9 Å². The van der Waals surface area contributed by atoms with Gasteiger partial charge in [-0.05, 0) is 31.5 Å². The Kier molecular flexibility index (Phi) is 1.86. The number of rotatable bonds is 0. The number of nitrogens with one attached hydrogen (secondary N) is 1. The molecule has 1 aromatic heterocycles. The summed E-state index contributed by atoms with van der Waals surface area (Å²) in [4.78, 5) is 0. The predicted molar refractivity (Wildman–Crippen MR) is 63.0 cm³/mol. The molecule has 0 saturated carbocycles. The van der Waals surface area contributed by atoms with Crippen molar-refractivity contribution in [1.29, 1.82) is 0 Å². The third-order valence-electron chi connectivity index (χ3n) is 3.50. The van der Waals surface area contributed by atoms with Crippen molar-refractivity contribution in [2.24, 2.45) is 7.05 Å². The van der Waals surface area contributed by atoms with E-state index < -0.39 is 0 Å². The van der Waals surface area contributed by atoms with E-state index in [1.54, 1.807) is 5.56 Å². The van der Waals surface area contributed by atoms with Crippen molar-refractivity contribution in [2.75, 3.05) is 6.54 Å². The minimum Gasteiger partial charge on any atom is -0.346 e. The molecule has 0 unspecified atom stereocenters. The van der Waals surface area contributed by atoms with E-state index in [9.17, 15) is 0 Å². The highest BCUT2D eigenvalue weighted by Crippen LogP contribution is 2.31. The van der Waals surface area contributed by atoms with Crippen LogP contribution in [0.5, 0.6) is 0 Å². The van der Waals surface area contributed by atoms with Crippen molar-refractivity contribution >= 4 is 10.9 Å². The quantitative estimate of drug-likeness (QED) is 0.691. The Bertz CT molecular complexity index is 510. The second-order valence-electron chi connectivity index (χ2n) is 4.37. The minimum atomic E-state index is 0.478. The highest BCUT2D eigenvalue weighted by molar-refractivity contribution is 5.86. The molecule has 1 aliphatic rings. The van der Waals surface area contributed by atoms with Crippen LogP contribution in [0.25, 0.3) is 10.9 Å². The number of hydrogen-bond donors (Lipinski definition) is 1. The van der Waals surface area contributed by atoms with Crippen molar-refractivity contribution in [3.63, 3.8) is 0 Å². The monoisotopic (exact) mass is 200 g/mol. The Balaban J connectivity index is 2.40. The SMILES string of the molecule is C[C@H]1NCCc2c1n(C)c1ccccc21. The Morgan fingerprint density at radius 2 is 2.13 bits per heavy atom. The number of benzene rings is 1. The minimum absolute atomic E-state index is 0.478. The van der Waals surface area contributed by atoms with Crippen LogP contribution in [0.4, 0.5) is 0 Å². The molecule has 2 nitrogen and oxygen atoms in total. The van der Waals surface area contributed by atoms with Crippen molar-refractivity contribution in [1.82, 2.24) is 9.88 Å². The second-order valence-corrected chi connectivity index (χ2v) is 4.37. The molecule has 1 atom stereocenters. The van der Waals surface area contributed by atoms with Gasteiger partial charge >= 0.3 is 0 Å². The van der Waals surface area contributed by atoms with Gasteiger partial charge in [-0.15, -0.1) is 0 Å². The van der Waals surface area contributed by atoms with E-state index in [2.05, 4.69) is 48.1 Å². The zero-order valence-electron chi connectivity index (χ0n) is 9.25. The van der Waals surface area contributed by atoms with E-state index in [1.807, 2.05) is 0 Å². The third-order valence-corrected chi connectivity index (χ3v) is 3.50.